The van der Waals surface area contributed by atoms with Gasteiger partial charge in [0, 0.05) is 6.54 Å². The molecule has 0 fully saturated rings. The van der Waals surface area contributed by atoms with Crippen LogP contribution in [0.2, 0.25) is 0 Å². The number of hydrogen-bond donors (Lipinski definition) is 3. The van der Waals surface area contributed by atoms with E-state index >= 15 is 0 Å². The first-order chi connectivity index (χ1) is 9.60. The molecule has 0 aliphatic carbocycles. The van der Waals surface area contributed by atoms with Gasteiger partial charge in [-0.3, -0.25) is 0 Å². The molecule has 0 radical (unpaired) electrons. The highest BCUT2D eigenvalue weighted by atomic mass is 16.5. The first-order valence-electron chi connectivity index (χ1n) is 5.96. The summed E-state index contributed by atoms with van der Waals surface area (Å²) in [5, 5.41) is 12.0. The van der Waals surface area contributed by atoms with Crippen LogP contribution in [0.25, 0.3) is 0 Å². The molecule has 0 amide bonds. The Balaban J connectivity index is 2.10. The van der Waals surface area contributed by atoms with Gasteiger partial charge in [-0.1, -0.05) is 12.1 Å². The number of carboxylic acid groups (broad SMARTS) is 1. The molecule has 6 heteroatoms. The van der Waals surface area contributed by atoms with E-state index in [9.17, 15) is 4.79 Å². The zero-order chi connectivity index (χ0) is 14.5. The molecule has 0 atom stereocenters. The van der Waals surface area contributed by atoms with E-state index in [1.54, 1.807) is 7.11 Å². The van der Waals surface area contributed by atoms with Crippen molar-refractivity contribution in [3.63, 3.8) is 0 Å². The van der Waals surface area contributed by atoms with Gasteiger partial charge in [-0.2, -0.15) is 0 Å². The monoisotopic (exact) mass is 273 g/mol. The maximum absolute atomic E-state index is 11.0. The minimum atomic E-state index is -1.07. The molecule has 6 nitrogen and oxygen atoms in total. The van der Waals surface area contributed by atoms with E-state index < -0.39 is 5.97 Å². The number of pyridine rings is 1. The van der Waals surface area contributed by atoms with E-state index in [2.05, 4.69) is 10.3 Å². The molecule has 2 rings (SSSR count). The molecule has 0 bridgehead atoms. The average Bonchev–Trinajstić information content (AvgIpc) is 2.46. The van der Waals surface area contributed by atoms with E-state index in [1.807, 2.05) is 24.3 Å². The topological polar surface area (TPSA) is 97.5 Å². The molecule has 0 unspecified atom stereocenters. The van der Waals surface area contributed by atoms with E-state index in [0.717, 1.165) is 11.3 Å². The van der Waals surface area contributed by atoms with Gasteiger partial charge < -0.3 is 20.9 Å². The van der Waals surface area contributed by atoms with Crippen molar-refractivity contribution < 1.29 is 14.6 Å². The van der Waals surface area contributed by atoms with Crippen LogP contribution in [-0.4, -0.2) is 23.2 Å². The zero-order valence-electron chi connectivity index (χ0n) is 11.0. The van der Waals surface area contributed by atoms with Gasteiger partial charge in [0.1, 0.15) is 11.6 Å². The molecular weight excluding hydrogens is 258 g/mol. The molecule has 1 heterocycles. The summed E-state index contributed by atoms with van der Waals surface area (Å²) >= 11 is 0. The number of methoxy groups -OCH3 is 1. The summed E-state index contributed by atoms with van der Waals surface area (Å²) in [4.78, 5) is 15.0. The highest BCUT2D eigenvalue weighted by molar-refractivity contribution is 5.94. The molecule has 1 aromatic heterocycles. The number of nitrogens with zero attached hydrogens (tertiary/aromatic N) is 1. The fourth-order valence-corrected chi connectivity index (χ4v) is 1.72. The minimum Gasteiger partial charge on any atom is -0.497 e. The van der Waals surface area contributed by atoms with Gasteiger partial charge in [0.15, 0.2) is 0 Å². The molecule has 0 spiro atoms. The Labute approximate surface area is 116 Å². The van der Waals surface area contributed by atoms with Gasteiger partial charge in [0.2, 0.25) is 0 Å². The lowest BCUT2D eigenvalue weighted by molar-refractivity contribution is 0.0698. The lowest BCUT2D eigenvalue weighted by Crippen LogP contribution is -2.07. The number of aromatic carboxylic acids is 1. The van der Waals surface area contributed by atoms with Crippen LogP contribution in [0.5, 0.6) is 5.75 Å². The maximum atomic E-state index is 11.0. The third-order valence-electron chi connectivity index (χ3n) is 2.77. The summed E-state index contributed by atoms with van der Waals surface area (Å²) in [7, 11) is 1.60. The van der Waals surface area contributed by atoms with Crippen molar-refractivity contribution in [1.29, 1.82) is 0 Å². The summed E-state index contributed by atoms with van der Waals surface area (Å²) < 4.78 is 5.14. The lowest BCUT2D eigenvalue weighted by atomic mass is 10.2. The van der Waals surface area contributed by atoms with E-state index in [4.69, 9.17) is 15.6 Å². The molecule has 2 aromatic rings. The molecule has 0 aliphatic rings. The minimum absolute atomic E-state index is 0.0353. The van der Waals surface area contributed by atoms with Crippen molar-refractivity contribution in [2.75, 3.05) is 18.2 Å². The Morgan fingerprint density at radius 3 is 2.95 bits per heavy atom. The number of carbonyl (C=O) groups is 1. The molecule has 0 saturated heterocycles. The second-order valence-corrected chi connectivity index (χ2v) is 4.17. The van der Waals surface area contributed by atoms with Gasteiger partial charge in [0.25, 0.3) is 0 Å². The number of benzene rings is 1. The highest BCUT2D eigenvalue weighted by Gasteiger charge is 2.09. The van der Waals surface area contributed by atoms with Crippen LogP contribution in [0.1, 0.15) is 15.9 Å². The van der Waals surface area contributed by atoms with Gasteiger partial charge in [-0.15, -0.1) is 0 Å². The first kappa shape index (κ1) is 13.7. The van der Waals surface area contributed by atoms with E-state index in [-0.39, 0.29) is 11.3 Å². The molecule has 20 heavy (non-hydrogen) atoms. The molecule has 0 aliphatic heterocycles. The predicted octanol–water partition coefficient (Wildman–Crippen LogP) is 1.98. The number of nitrogen functional groups attached to an aromatic ring is 1. The van der Waals surface area contributed by atoms with Crippen molar-refractivity contribution in [2.24, 2.45) is 0 Å². The number of nitrogens with one attached hydrogen (secondary N) is 1. The number of hydrogen-bond acceptors (Lipinski definition) is 5. The van der Waals surface area contributed by atoms with Crippen molar-refractivity contribution in [1.82, 2.24) is 4.98 Å². The number of aromatic nitrogens is 1. The van der Waals surface area contributed by atoms with Gasteiger partial charge in [0.05, 0.1) is 24.6 Å². The summed E-state index contributed by atoms with van der Waals surface area (Å²) in [5.41, 5.74) is 6.73. The summed E-state index contributed by atoms with van der Waals surface area (Å²) in [5.74, 6) is 0.148. The number of carboxylic acids is 1. The van der Waals surface area contributed by atoms with Crippen molar-refractivity contribution in [2.45, 2.75) is 6.54 Å². The molecule has 0 saturated carbocycles. The summed E-state index contributed by atoms with van der Waals surface area (Å²) in [6.07, 6.45) is 1.33. The fraction of sp³-hybridized carbons (Fsp3) is 0.143. The maximum Gasteiger partial charge on any atom is 0.337 e. The third kappa shape index (κ3) is 3.17. The number of nitrogens with two attached hydrogens (primary N) is 1. The predicted molar refractivity (Wildman–Crippen MR) is 75.9 cm³/mol. The lowest BCUT2D eigenvalue weighted by Gasteiger charge is -2.08. The summed E-state index contributed by atoms with van der Waals surface area (Å²) in [6.45, 7) is 0.507. The quantitative estimate of drug-likeness (QED) is 0.770. The van der Waals surface area contributed by atoms with E-state index in [1.165, 1.54) is 12.3 Å². The zero-order valence-corrected chi connectivity index (χ0v) is 11.0. The standard InChI is InChI=1S/C14H15N3O3/c1-20-10-4-2-3-9(5-10)7-16-13-6-11(14(18)19)12(15)8-17-13/h2-6,8H,7,15H2,1H3,(H,16,17)(H,18,19). The molecule has 1 aromatic carbocycles. The van der Waals surface area contributed by atoms with Gasteiger partial charge in [-0.05, 0) is 23.8 Å². The molecule has 4 N–H and O–H groups in total. The Morgan fingerprint density at radius 1 is 1.45 bits per heavy atom. The van der Waals surface area contributed by atoms with Crippen molar-refractivity contribution >= 4 is 17.5 Å². The number of ether oxygens (including phenoxy) is 1. The van der Waals surface area contributed by atoms with Crippen LogP contribution in [-0.2, 0) is 6.54 Å². The van der Waals surface area contributed by atoms with Crippen molar-refractivity contribution in [3.8, 4) is 5.75 Å². The second-order valence-electron chi connectivity index (χ2n) is 4.17. The van der Waals surface area contributed by atoms with Crippen molar-refractivity contribution in [3.05, 3.63) is 47.7 Å². The smallest absolute Gasteiger partial charge is 0.337 e. The highest BCUT2D eigenvalue weighted by Crippen LogP contribution is 2.17. The van der Waals surface area contributed by atoms with Crippen LogP contribution >= 0.6 is 0 Å². The van der Waals surface area contributed by atoms with E-state index in [0.29, 0.717) is 12.4 Å². The van der Waals surface area contributed by atoms with Crippen LogP contribution in [0.15, 0.2) is 36.5 Å². The average molecular weight is 273 g/mol. The normalized spacial score (nSPS) is 10.1. The Morgan fingerprint density at radius 2 is 2.25 bits per heavy atom. The molecular formula is C14H15N3O3. The summed E-state index contributed by atoms with van der Waals surface area (Å²) in [6, 6.07) is 8.98. The Kier molecular flexibility index (Phi) is 4.05. The van der Waals surface area contributed by atoms with Crippen LogP contribution in [0, 0.1) is 0 Å². The van der Waals surface area contributed by atoms with Crippen LogP contribution < -0.4 is 15.8 Å². The first-order valence-corrected chi connectivity index (χ1v) is 5.96. The third-order valence-corrected chi connectivity index (χ3v) is 2.77. The fourth-order valence-electron chi connectivity index (χ4n) is 1.72. The Bertz CT molecular complexity index is 629. The second kappa shape index (κ2) is 5.92. The molecule has 104 valence electrons. The van der Waals surface area contributed by atoms with Crippen LogP contribution in [0.3, 0.4) is 0 Å². The van der Waals surface area contributed by atoms with Gasteiger partial charge in [-0.25, -0.2) is 9.78 Å². The number of anilines is 2. The van der Waals surface area contributed by atoms with Crippen LogP contribution in [0.4, 0.5) is 11.5 Å². The Hall–Kier alpha value is -2.76. The SMILES string of the molecule is COc1cccc(CNc2cc(C(=O)O)c(N)cn2)c1. The van der Waals surface area contributed by atoms with Gasteiger partial charge >= 0.3 is 5.97 Å². The largest absolute Gasteiger partial charge is 0.497 e. The number of rotatable bonds is 5.